The van der Waals surface area contributed by atoms with Crippen molar-refractivity contribution in [1.82, 2.24) is 14.8 Å². The predicted molar refractivity (Wildman–Crippen MR) is 127 cm³/mol. The molecule has 2 aromatic heterocycles. The average Bonchev–Trinajstić information content (AvgIpc) is 3.19. The number of aryl methyl sites for hydroxylation is 1. The Morgan fingerprint density at radius 1 is 1.18 bits per heavy atom. The van der Waals surface area contributed by atoms with E-state index in [1.54, 1.807) is 22.9 Å². The Balaban J connectivity index is 1.53. The zero-order valence-corrected chi connectivity index (χ0v) is 19.3. The van der Waals surface area contributed by atoms with Crippen LogP contribution < -0.4 is 4.74 Å². The third-order valence-electron chi connectivity index (χ3n) is 6.11. The number of aromatic nitrogens is 3. The molecule has 4 aromatic rings. The Morgan fingerprint density at radius 2 is 2.00 bits per heavy atom. The smallest absolute Gasteiger partial charge is 0.162 e. The van der Waals surface area contributed by atoms with Crippen molar-refractivity contribution in [3.63, 3.8) is 0 Å². The minimum atomic E-state index is -0.469. The van der Waals surface area contributed by atoms with Crippen molar-refractivity contribution in [1.29, 1.82) is 0 Å². The summed E-state index contributed by atoms with van der Waals surface area (Å²) in [6.45, 7) is 4.36. The number of hydrogen-bond donors (Lipinski definition) is 0. The fourth-order valence-electron chi connectivity index (χ4n) is 4.38. The van der Waals surface area contributed by atoms with E-state index in [4.69, 9.17) is 14.5 Å². The first-order valence-electron chi connectivity index (χ1n) is 11.5. The molecule has 7 heteroatoms. The molecule has 1 aliphatic heterocycles. The Hall–Kier alpha value is -3.58. The van der Waals surface area contributed by atoms with Crippen molar-refractivity contribution < 1.29 is 18.7 Å². The van der Waals surface area contributed by atoms with Gasteiger partial charge in [0.1, 0.15) is 18.2 Å². The van der Waals surface area contributed by atoms with Crippen molar-refractivity contribution in [2.45, 2.75) is 45.9 Å². The third kappa shape index (κ3) is 4.31. The summed E-state index contributed by atoms with van der Waals surface area (Å²) in [6, 6.07) is 16.1. The van der Waals surface area contributed by atoms with Gasteiger partial charge in [-0.2, -0.15) is 5.10 Å². The van der Waals surface area contributed by atoms with Crippen molar-refractivity contribution in [3.05, 3.63) is 77.2 Å². The lowest BCUT2D eigenvalue weighted by Crippen LogP contribution is -2.19. The summed E-state index contributed by atoms with van der Waals surface area (Å²) in [5.41, 5.74) is 3.39. The molecule has 0 radical (unpaired) electrons. The molecule has 174 valence electrons. The summed E-state index contributed by atoms with van der Waals surface area (Å²) >= 11 is 0. The average molecular weight is 460 g/mol. The third-order valence-corrected chi connectivity index (χ3v) is 6.11. The van der Waals surface area contributed by atoms with Gasteiger partial charge in [-0.1, -0.05) is 30.3 Å². The van der Waals surface area contributed by atoms with E-state index in [9.17, 15) is 4.79 Å². The number of pyridine rings is 1. The second-order valence-electron chi connectivity index (χ2n) is 8.58. The van der Waals surface area contributed by atoms with E-state index in [0.717, 1.165) is 24.8 Å². The van der Waals surface area contributed by atoms with Crippen LogP contribution >= 0.6 is 0 Å². The van der Waals surface area contributed by atoms with Gasteiger partial charge in [-0.3, -0.25) is 4.79 Å². The summed E-state index contributed by atoms with van der Waals surface area (Å²) in [5.74, 6) is -0.165. The quantitative estimate of drug-likeness (QED) is 0.330. The number of carbonyl (C=O) groups excluding carboxylic acids is 1. The van der Waals surface area contributed by atoms with Crippen molar-refractivity contribution in [2.24, 2.45) is 0 Å². The van der Waals surface area contributed by atoms with E-state index in [2.05, 4.69) is 5.10 Å². The lowest BCUT2D eigenvalue weighted by atomic mass is 10.0. The highest BCUT2D eigenvalue weighted by Crippen LogP contribution is 2.33. The van der Waals surface area contributed by atoms with E-state index in [1.807, 2.05) is 37.3 Å². The molecule has 1 saturated heterocycles. The Morgan fingerprint density at radius 3 is 2.71 bits per heavy atom. The molecule has 1 aliphatic rings. The Labute approximate surface area is 197 Å². The molecule has 0 bridgehead atoms. The van der Waals surface area contributed by atoms with Crippen molar-refractivity contribution >= 4 is 16.8 Å². The van der Waals surface area contributed by atoms with Crippen LogP contribution in [-0.2, 0) is 11.3 Å². The van der Waals surface area contributed by atoms with E-state index < -0.39 is 5.82 Å². The van der Waals surface area contributed by atoms with Crippen LogP contribution in [0.5, 0.6) is 5.75 Å². The van der Waals surface area contributed by atoms with Crippen LogP contribution in [0.1, 0.15) is 54.0 Å². The zero-order valence-electron chi connectivity index (χ0n) is 19.3. The minimum absolute atomic E-state index is 0.121. The molecule has 0 spiro atoms. The number of halogens is 1. The number of fused-ring (bicyclic) bond motifs is 1. The lowest BCUT2D eigenvalue weighted by molar-refractivity contribution is -0.0371. The second-order valence-corrected chi connectivity index (χ2v) is 8.58. The molecule has 2 aromatic carbocycles. The molecular formula is C27H26FN3O3. The Kier molecular flexibility index (Phi) is 6.11. The van der Waals surface area contributed by atoms with Gasteiger partial charge in [0.15, 0.2) is 17.7 Å². The van der Waals surface area contributed by atoms with Crippen LogP contribution in [0.4, 0.5) is 4.39 Å². The molecule has 1 unspecified atom stereocenters. The summed E-state index contributed by atoms with van der Waals surface area (Å²) in [7, 11) is 0. The first-order valence-corrected chi connectivity index (χ1v) is 11.5. The standard InChI is InChI=1S/C27H26FN3O3/c1-17-26-22(18(2)32)15-24(29-27(26)31(30-17)25-10-6-7-13-33-25)21-12-11-20(14-23(21)28)34-16-19-8-4-3-5-9-19/h3-5,8-9,11-12,14-15,25H,6-7,10,13,16H2,1-2H3. The number of carbonyl (C=O) groups is 1. The fraction of sp³-hybridized carbons (Fsp3) is 0.296. The van der Waals surface area contributed by atoms with Gasteiger partial charge in [-0.15, -0.1) is 0 Å². The van der Waals surface area contributed by atoms with Crippen LogP contribution in [0, 0.1) is 12.7 Å². The van der Waals surface area contributed by atoms with Gasteiger partial charge in [0.25, 0.3) is 0 Å². The second kappa shape index (κ2) is 9.35. The van der Waals surface area contributed by atoms with E-state index >= 15 is 4.39 Å². The molecule has 6 nitrogen and oxygen atoms in total. The van der Waals surface area contributed by atoms with Gasteiger partial charge in [0.2, 0.25) is 0 Å². The first kappa shape index (κ1) is 22.2. The molecule has 0 saturated carbocycles. The van der Waals surface area contributed by atoms with Crippen molar-refractivity contribution in [3.8, 4) is 17.0 Å². The molecule has 1 fully saturated rings. The molecular weight excluding hydrogens is 433 g/mol. The first-order chi connectivity index (χ1) is 16.5. The topological polar surface area (TPSA) is 66.2 Å². The van der Waals surface area contributed by atoms with Crippen molar-refractivity contribution in [2.75, 3.05) is 6.61 Å². The summed E-state index contributed by atoms with van der Waals surface area (Å²) < 4.78 is 28.6. The fourth-order valence-corrected chi connectivity index (χ4v) is 4.38. The van der Waals surface area contributed by atoms with Crippen LogP contribution in [0.3, 0.4) is 0 Å². The van der Waals surface area contributed by atoms with E-state index in [0.29, 0.717) is 52.5 Å². The number of nitrogens with zero attached hydrogens (tertiary/aromatic N) is 3. The van der Waals surface area contributed by atoms with Gasteiger partial charge in [-0.25, -0.2) is 14.1 Å². The largest absolute Gasteiger partial charge is 0.489 e. The summed E-state index contributed by atoms with van der Waals surface area (Å²) in [6.07, 6.45) is 2.62. The normalized spacial score (nSPS) is 16.0. The van der Waals surface area contributed by atoms with Crippen LogP contribution in [0.15, 0.2) is 54.6 Å². The molecule has 1 atom stereocenters. The number of hydrogen-bond acceptors (Lipinski definition) is 5. The predicted octanol–water partition coefficient (Wildman–Crippen LogP) is 6.03. The highest BCUT2D eigenvalue weighted by atomic mass is 19.1. The lowest BCUT2D eigenvalue weighted by Gasteiger charge is -2.23. The Bertz CT molecular complexity index is 1340. The maximum atomic E-state index is 15.2. The van der Waals surface area contributed by atoms with Gasteiger partial charge in [-0.05, 0) is 56.9 Å². The zero-order chi connectivity index (χ0) is 23.7. The minimum Gasteiger partial charge on any atom is -0.489 e. The molecule has 3 heterocycles. The van der Waals surface area contributed by atoms with Gasteiger partial charge in [0, 0.05) is 23.8 Å². The highest BCUT2D eigenvalue weighted by molar-refractivity contribution is 6.07. The van der Waals surface area contributed by atoms with Gasteiger partial charge >= 0.3 is 0 Å². The molecule has 34 heavy (non-hydrogen) atoms. The van der Waals surface area contributed by atoms with Crippen LogP contribution in [-0.4, -0.2) is 27.2 Å². The maximum Gasteiger partial charge on any atom is 0.162 e. The van der Waals surface area contributed by atoms with Crippen LogP contribution in [0.25, 0.3) is 22.3 Å². The number of benzene rings is 2. The number of ketones is 1. The molecule has 0 amide bonds. The molecule has 5 rings (SSSR count). The van der Waals surface area contributed by atoms with E-state index in [-0.39, 0.29) is 12.0 Å². The number of ether oxygens (including phenoxy) is 2. The van der Waals surface area contributed by atoms with Gasteiger partial charge < -0.3 is 9.47 Å². The van der Waals surface area contributed by atoms with Gasteiger partial charge in [0.05, 0.1) is 16.8 Å². The SMILES string of the molecule is CC(=O)c1cc(-c2ccc(OCc3ccccc3)cc2F)nc2c1c(C)nn2C1CCCCO1. The van der Waals surface area contributed by atoms with Crippen LogP contribution in [0.2, 0.25) is 0 Å². The number of rotatable bonds is 6. The number of Topliss-reactive ketones (excluding diaryl/α,β-unsaturated/α-hetero) is 1. The molecule has 0 N–H and O–H groups in total. The molecule has 0 aliphatic carbocycles. The monoisotopic (exact) mass is 459 g/mol. The maximum absolute atomic E-state index is 15.2. The highest BCUT2D eigenvalue weighted by Gasteiger charge is 2.24. The van der Waals surface area contributed by atoms with E-state index in [1.165, 1.54) is 13.0 Å². The summed E-state index contributed by atoms with van der Waals surface area (Å²) in [5, 5.41) is 5.33. The summed E-state index contributed by atoms with van der Waals surface area (Å²) in [4.78, 5) is 17.3.